The Kier molecular flexibility index (Phi) is 8.91. The molecule has 0 bridgehead atoms. The van der Waals surface area contributed by atoms with Crippen molar-refractivity contribution in [2.75, 3.05) is 5.32 Å². The Bertz CT molecular complexity index is 2640. The lowest BCUT2D eigenvalue weighted by molar-refractivity contribution is 0.293. The molecule has 1 saturated heterocycles. The minimum Gasteiger partial charge on any atom is -0.455 e. The van der Waals surface area contributed by atoms with Gasteiger partial charge in [-0.15, -0.1) is 0 Å². The average molecular weight is 726 g/mol. The van der Waals surface area contributed by atoms with Crippen LogP contribution >= 0.6 is 0 Å². The summed E-state index contributed by atoms with van der Waals surface area (Å²) in [5.41, 5.74) is 14.0. The van der Waals surface area contributed by atoms with Gasteiger partial charge in [0, 0.05) is 52.3 Å². The minimum absolute atomic E-state index is 0.128. The summed E-state index contributed by atoms with van der Waals surface area (Å²) in [7, 11) is 0. The van der Waals surface area contributed by atoms with E-state index in [4.69, 9.17) is 4.42 Å². The predicted octanol–water partition coefficient (Wildman–Crippen LogP) is 13.0. The second kappa shape index (κ2) is 14.6. The van der Waals surface area contributed by atoms with Crippen LogP contribution in [0.15, 0.2) is 204 Å². The molecule has 1 aliphatic heterocycles. The summed E-state index contributed by atoms with van der Waals surface area (Å²) in [6.45, 7) is 4.12. The summed E-state index contributed by atoms with van der Waals surface area (Å²) in [6.07, 6.45) is 4.87. The van der Waals surface area contributed by atoms with Gasteiger partial charge >= 0.3 is 0 Å². The fourth-order valence-corrected chi connectivity index (χ4v) is 8.73. The number of hydrazine groups is 1. The highest BCUT2D eigenvalue weighted by atomic mass is 16.3. The zero-order valence-electron chi connectivity index (χ0n) is 31.4. The number of furan rings is 1. The zero-order chi connectivity index (χ0) is 37.4. The number of benzene rings is 7. The molecule has 272 valence electrons. The molecule has 0 spiro atoms. The lowest BCUT2D eigenvalue weighted by atomic mass is 9.75. The van der Waals surface area contributed by atoms with E-state index in [2.05, 4.69) is 216 Å². The van der Waals surface area contributed by atoms with E-state index in [-0.39, 0.29) is 18.0 Å². The van der Waals surface area contributed by atoms with Gasteiger partial charge in [-0.3, -0.25) is 0 Å². The topological polar surface area (TPSA) is 31.2 Å². The highest BCUT2D eigenvalue weighted by molar-refractivity contribution is 6.10. The lowest BCUT2D eigenvalue weighted by Crippen LogP contribution is -2.18. The first kappa shape index (κ1) is 34.1. The fraction of sp³-hybridized carbons (Fsp3) is 0.115. The maximum absolute atomic E-state index is 6.88. The van der Waals surface area contributed by atoms with Gasteiger partial charge < -0.3 is 9.73 Å². The largest absolute Gasteiger partial charge is 0.455 e. The summed E-state index contributed by atoms with van der Waals surface area (Å²) in [5, 5.41) is 11.1. The summed E-state index contributed by atoms with van der Waals surface area (Å²) in [4.78, 5) is 0. The molecular weight excluding hydrogens is 683 g/mol. The monoisotopic (exact) mass is 725 g/mol. The van der Waals surface area contributed by atoms with Gasteiger partial charge in [-0.25, -0.2) is 10.0 Å². The van der Waals surface area contributed by atoms with E-state index in [0.717, 1.165) is 57.5 Å². The van der Waals surface area contributed by atoms with E-state index in [1.165, 1.54) is 33.4 Å². The molecule has 0 saturated carbocycles. The zero-order valence-corrected chi connectivity index (χ0v) is 31.4. The lowest BCUT2D eigenvalue weighted by Gasteiger charge is -2.31. The molecule has 2 aliphatic rings. The number of rotatable bonds is 10. The third-order valence-corrected chi connectivity index (χ3v) is 11.5. The van der Waals surface area contributed by atoms with Gasteiger partial charge in [0.15, 0.2) is 0 Å². The molecule has 56 heavy (non-hydrogen) atoms. The van der Waals surface area contributed by atoms with Crippen LogP contribution in [-0.2, 0) is 13.1 Å². The first-order chi connectivity index (χ1) is 27.7. The van der Waals surface area contributed by atoms with Crippen molar-refractivity contribution < 1.29 is 4.42 Å². The molecule has 8 aromatic rings. The third kappa shape index (κ3) is 6.43. The van der Waals surface area contributed by atoms with E-state index < -0.39 is 0 Å². The van der Waals surface area contributed by atoms with E-state index in [1.54, 1.807) is 0 Å². The molecule has 2 heterocycles. The molecule has 10 rings (SSSR count). The molecular formula is C52H43N3O. The first-order valence-corrected chi connectivity index (χ1v) is 19.6. The second-order valence-electron chi connectivity index (χ2n) is 15.0. The Morgan fingerprint density at radius 2 is 1.09 bits per heavy atom. The number of anilines is 1. The summed E-state index contributed by atoms with van der Waals surface area (Å²) >= 11 is 0. The van der Waals surface area contributed by atoms with E-state index in [1.807, 2.05) is 0 Å². The molecule has 1 fully saturated rings. The number of para-hydroxylation sites is 2. The van der Waals surface area contributed by atoms with Crippen molar-refractivity contribution in [3.63, 3.8) is 0 Å². The van der Waals surface area contributed by atoms with Crippen molar-refractivity contribution in [2.24, 2.45) is 5.92 Å². The van der Waals surface area contributed by atoms with Gasteiger partial charge in [0.1, 0.15) is 17.3 Å². The SMILES string of the molecule is CC1C(c2ccccc2)=C(Nc2ccc(C3[N@@](Cc4ccccc4)[N@@]3Cc3ccccc3)cc2)C=CC1c1cccc2c1oc1c(-c3ccccc3)cccc12. The summed E-state index contributed by atoms with van der Waals surface area (Å²) in [5.74, 6) is 0.310. The van der Waals surface area contributed by atoms with Crippen LogP contribution in [0.1, 0.15) is 46.8 Å². The van der Waals surface area contributed by atoms with Crippen LogP contribution in [0.3, 0.4) is 0 Å². The second-order valence-corrected chi connectivity index (χ2v) is 15.0. The summed E-state index contributed by atoms with van der Waals surface area (Å²) in [6, 6.07) is 65.0. The normalized spacial score (nSPS) is 20.4. The number of allylic oxidation sites excluding steroid dienone is 3. The number of fused-ring (bicyclic) bond motifs is 3. The Labute approximate surface area is 328 Å². The van der Waals surface area contributed by atoms with Crippen LogP contribution in [0, 0.1) is 5.92 Å². The molecule has 0 amide bonds. The Morgan fingerprint density at radius 3 is 1.71 bits per heavy atom. The van der Waals surface area contributed by atoms with E-state index >= 15 is 0 Å². The number of nitrogens with zero attached hydrogens (tertiary/aromatic N) is 2. The molecule has 0 radical (unpaired) electrons. The van der Waals surface area contributed by atoms with Crippen LogP contribution in [-0.4, -0.2) is 10.0 Å². The average Bonchev–Trinajstić information content (AvgIpc) is 3.76. The molecule has 1 N–H and O–H groups in total. The van der Waals surface area contributed by atoms with Crippen molar-refractivity contribution in [3.05, 3.63) is 228 Å². The standard InChI is InChI=1S/C52H43N3O/c1-36-43(45-25-15-27-47-46-26-14-24-44(50(46)56-51(45)47)39-20-10-4-11-21-39)32-33-48(49(36)40-22-12-5-13-23-40)53-42-30-28-41(29-31-42)52-54(34-37-16-6-2-7-17-37)55(52)35-38-18-8-3-9-19-38/h2-33,36,43,52-53H,34-35H2,1H3/t36?,43?,52?,54-,55+. The van der Waals surface area contributed by atoms with Crippen molar-refractivity contribution >= 4 is 33.2 Å². The van der Waals surface area contributed by atoms with E-state index in [0.29, 0.717) is 0 Å². The molecule has 4 nitrogen and oxygen atoms in total. The molecule has 1 aromatic heterocycles. The van der Waals surface area contributed by atoms with Crippen LogP contribution < -0.4 is 5.32 Å². The number of nitrogens with one attached hydrogen (secondary N) is 1. The van der Waals surface area contributed by atoms with Gasteiger partial charge in [0.05, 0.1) is 0 Å². The smallest absolute Gasteiger partial charge is 0.143 e. The maximum Gasteiger partial charge on any atom is 0.143 e. The van der Waals surface area contributed by atoms with Gasteiger partial charge in [-0.1, -0.05) is 183 Å². The predicted molar refractivity (Wildman–Crippen MR) is 230 cm³/mol. The Hall–Kier alpha value is -6.46. The maximum atomic E-state index is 6.88. The van der Waals surface area contributed by atoms with E-state index in [9.17, 15) is 0 Å². The van der Waals surface area contributed by atoms with Crippen molar-refractivity contribution in [1.82, 2.24) is 10.0 Å². The molecule has 3 unspecified atom stereocenters. The number of hydrogen-bond donors (Lipinski definition) is 1. The Morgan fingerprint density at radius 1 is 0.536 bits per heavy atom. The quantitative estimate of drug-likeness (QED) is 0.142. The molecule has 5 atom stereocenters. The highest BCUT2D eigenvalue weighted by Gasteiger charge is 2.45. The highest BCUT2D eigenvalue weighted by Crippen LogP contribution is 2.47. The minimum atomic E-state index is 0.128. The van der Waals surface area contributed by atoms with Crippen LogP contribution in [0.25, 0.3) is 38.6 Å². The van der Waals surface area contributed by atoms with Crippen molar-refractivity contribution in [2.45, 2.75) is 32.1 Å². The van der Waals surface area contributed by atoms with Crippen molar-refractivity contribution in [3.8, 4) is 11.1 Å². The Balaban J connectivity index is 0.955. The molecule has 1 aliphatic carbocycles. The number of hydrogen-bond acceptors (Lipinski definition) is 4. The fourth-order valence-electron chi connectivity index (χ4n) is 8.73. The van der Waals surface area contributed by atoms with Gasteiger partial charge in [-0.2, -0.15) is 0 Å². The van der Waals surface area contributed by atoms with Gasteiger partial charge in [0.25, 0.3) is 0 Å². The summed E-state index contributed by atoms with van der Waals surface area (Å²) < 4.78 is 6.88. The van der Waals surface area contributed by atoms with Gasteiger partial charge in [-0.05, 0) is 57.5 Å². The van der Waals surface area contributed by atoms with Crippen LogP contribution in [0.2, 0.25) is 0 Å². The molecule has 4 heteroatoms. The van der Waals surface area contributed by atoms with Gasteiger partial charge in [0.2, 0.25) is 0 Å². The first-order valence-electron chi connectivity index (χ1n) is 19.6. The van der Waals surface area contributed by atoms with Crippen LogP contribution in [0.4, 0.5) is 5.69 Å². The molecule has 7 aromatic carbocycles. The van der Waals surface area contributed by atoms with Crippen LogP contribution in [0.5, 0.6) is 0 Å². The van der Waals surface area contributed by atoms with Crippen molar-refractivity contribution in [1.29, 1.82) is 0 Å². The third-order valence-electron chi connectivity index (χ3n) is 11.5.